The number of nitrogens with zero attached hydrogens (tertiary/aromatic N) is 4. The smallest absolute Gasteiger partial charge is 0.415 e. The molecule has 0 saturated carbocycles. The number of amides is 1. The molecule has 1 aliphatic heterocycles. The number of carboxylic acids is 1. The fourth-order valence-electron chi connectivity index (χ4n) is 3.70. The molecule has 2 aromatic heterocycles. The van der Waals surface area contributed by atoms with Crippen LogP contribution in [0.3, 0.4) is 0 Å². The van der Waals surface area contributed by atoms with Gasteiger partial charge in [0.1, 0.15) is 5.75 Å². The number of aromatic nitrogens is 2. The van der Waals surface area contributed by atoms with Gasteiger partial charge < -0.3 is 14.7 Å². The van der Waals surface area contributed by atoms with Gasteiger partial charge in [-0.1, -0.05) is 18.2 Å². The molecule has 33 heavy (non-hydrogen) atoms. The Morgan fingerprint density at radius 1 is 1.00 bits per heavy atom. The Balaban J connectivity index is 1.25. The minimum Gasteiger partial charge on any atom is -0.478 e. The molecule has 3 heterocycles. The van der Waals surface area contributed by atoms with E-state index in [0.29, 0.717) is 38.5 Å². The zero-order valence-electron chi connectivity index (χ0n) is 18.5. The standard InChI is InChI=1S/C25H26N4O4/c1-18-3-2-10-26-23(18)15-19-4-8-22(9-5-19)33-25(32)29-13-11-28(12-14-29)17-21-7-6-20(16-27-21)24(30)31/h2-10,16H,11-15,17H2,1H3,(H,30,31). The van der Waals surface area contributed by atoms with E-state index < -0.39 is 5.97 Å². The van der Waals surface area contributed by atoms with Gasteiger partial charge >= 0.3 is 12.1 Å². The Labute approximate surface area is 192 Å². The topological polar surface area (TPSA) is 95.9 Å². The third-order valence-corrected chi connectivity index (χ3v) is 5.71. The quantitative estimate of drug-likeness (QED) is 0.620. The van der Waals surface area contributed by atoms with Crippen molar-refractivity contribution in [3.8, 4) is 5.75 Å². The molecule has 1 amide bonds. The van der Waals surface area contributed by atoms with Crippen LogP contribution in [0.25, 0.3) is 0 Å². The van der Waals surface area contributed by atoms with Crippen LogP contribution in [0.1, 0.15) is 32.9 Å². The Bertz CT molecular complexity index is 1110. The van der Waals surface area contributed by atoms with Gasteiger partial charge in [-0.15, -0.1) is 0 Å². The van der Waals surface area contributed by atoms with Crippen molar-refractivity contribution in [3.05, 3.63) is 89.0 Å². The Kier molecular flexibility index (Phi) is 6.95. The molecule has 0 radical (unpaired) electrons. The molecule has 170 valence electrons. The van der Waals surface area contributed by atoms with E-state index in [9.17, 15) is 9.59 Å². The summed E-state index contributed by atoms with van der Waals surface area (Å²) in [4.78, 5) is 36.0. The fourth-order valence-corrected chi connectivity index (χ4v) is 3.70. The van der Waals surface area contributed by atoms with Gasteiger partial charge in [-0.05, 0) is 48.4 Å². The molecule has 0 atom stereocenters. The molecule has 1 fully saturated rings. The fraction of sp³-hybridized carbons (Fsp3) is 0.280. The highest BCUT2D eigenvalue weighted by molar-refractivity contribution is 5.87. The Morgan fingerprint density at radius 3 is 2.39 bits per heavy atom. The number of piperazine rings is 1. The largest absolute Gasteiger partial charge is 0.478 e. The first-order valence-corrected chi connectivity index (χ1v) is 10.8. The summed E-state index contributed by atoms with van der Waals surface area (Å²) in [7, 11) is 0. The summed E-state index contributed by atoms with van der Waals surface area (Å²) in [5.41, 5.74) is 4.27. The van der Waals surface area contributed by atoms with Gasteiger partial charge in [0.2, 0.25) is 0 Å². The highest BCUT2D eigenvalue weighted by Gasteiger charge is 2.23. The third-order valence-electron chi connectivity index (χ3n) is 5.71. The van der Waals surface area contributed by atoms with Gasteiger partial charge in [-0.2, -0.15) is 0 Å². The lowest BCUT2D eigenvalue weighted by molar-refractivity contribution is 0.0696. The molecular formula is C25H26N4O4. The first-order chi connectivity index (χ1) is 16.0. The average Bonchev–Trinajstić information content (AvgIpc) is 2.82. The summed E-state index contributed by atoms with van der Waals surface area (Å²) in [5, 5.41) is 8.97. The first kappa shape index (κ1) is 22.4. The van der Waals surface area contributed by atoms with Crippen molar-refractivity contribution in [2.75, 3.05) is 26.2 Å². The summed E-state index contributed by atoms with van der Waals surface area (Å²) in [6, 6.07) is 14.8. The maximum atomic E-state index is 12.6. The van der Waals surface area contributed by atoms with Gasteiger partial charge in [-0.3, -0.25) is 14.9 Å². The van der Waals surface area contributed by atoms with Crippen molar-refractivity contribution in [1.82, 2.24) is 19.8 Å². The van der Waals surface area contributed by atoms with E-state index >= 15 is 0 Å². The lowest BCUT2D eigenvalue weighted by Gasteiger charge is -2.33. The number of aryl methyl sites for hydroxylation is 1. The van der Waals surface area contributed by atoms with Crippen molar-refractivity contribution in [1.29, 1.82) is 0 Å². The van der Waals surface area contributed by atoms with Gasteiger partial charge in [-0.25, -0.2) is 9.59 Å². The number of carbonyl (C=O) groups is 2. The van der Waals surface area contributed by atoms with Crippen LogP contribution in [0, 0.1) is 6.92 Å². The van der Waals surface area contributed by atoms with E-state index in [-0.39, 0.29) is 11.7 Å². The molecule has 4 rings (SSSR count). The minimum atomic E-state index is -0.987. The highest BCUT2D eigenvalue weighted by Crippen LogP contribution is 2.17. The molecule has 0 bridgehead atoms. The molecule has 1 N–H and O–H groups in total. The summed E-state index contributed by atoms with van der Waals surface area (Å²) in [5.74, 6) is -0.467. The second-order valence-corrected chi connectivity index (χ2v) is 8.06. The number of hydrogen-bond donors (Lipinski definition) is 1. The number of hydrogen-bond acceptors (Lipinski definition) is 6. The van der Waals surface area contributed by atoms with Crippen molar-refractivity contribution < 1.29 is 19.4 Å². The maximum Gasteiger partial charge on any atom is 0.415 e. The molecule has 8 heteroatoms. The van der Waals surface area contributed by atoms with Crippen molar-refractivity contribution in [3.63, 3.8) is 0 Å². The second-order valence-electron chi connectivity index (χ2n) is 8.06. The Morgan fingerprint density at radius 2 is 1.76 bits per heavy atom. The van der Waals surface area contributed by atoms with Crippen LogP contribution in [-0.2, 0) is 13.0 Å². The zero-order chi connectivity index (χ0) is 23.2. The maximum absolute atomic E-state index is 12.6. The lowest BCUT2D eigenvalue weighted by Crippen LogP contribution is -2.49. The summed E-state index contributed by atoms with van der Waals surface area (Å²) in [6.07, 6.45) is 3.54. The van der Waals surface area contributed by atoms with Crippen LogP contribution < -0.4 is 4.74 Å². The minimum absolute atomic E-state index is 0.172. The molecule has 0 unspecified atom stereocenters. The molecule has 1 aromatic carbocycles. The predicted octanol–water partition coefficient (Wildman–Crippen LogP) is 3.39. The number of ether oxygens (including phenoxy) is 1. The number of pyridine rings is 2. The highest BCUT2D eigenvalue weighted by atomic mass is 16.6. The molecule has 1 saturated heterocycles. The molecule has 8 nitrogen and oxygen atoms in total. The van der Waals surface area contributed by atoms with Crippen molar-refractivity contribution in [2.24, 2.45) is 0 Å². The Hall–Kier alpha value is -3.78. The third kappa shape index (κ3) is 5.93. The van der Waals surface area contributed by atoms with Gasteiger partial charge in [0, 0.05) is 57.2 Å². The van der Waals surface area contributed by atoms with Crippen LogP contribution in [-0.4, -0.2) is 63.1 Å². The number of benzene rings is 1. The zero-order valence-corrected chi connectivity index (χ0v) is 18.5. The van der Waals surface area contributed by atoms with Crippen LogP contribution in [0.5, 0.6) is 5.75 Å². The summed E-state index contributed by atoms with van der Waals surface area (Å²) >= 11 is 0. The first-order valence-electron chi connectivity index (χ1n) is 10.8. The van der Waals surface area contributed by atoms with Crippen LogP contribution >= 0.6 is 0 Å². The molecule has 0 aliphatic carbocycles. The molecule has 0 spiro atoms. The van der Waals surface area contributed by atoms with Gasteiger partial charge in [0.15, 0.2) is 0 Å². The van der Waals surface area contributed by atoms with E-state index in [0.717, 1.165) is 28.9 Å². The second kappa shape index (κ2) is 10.2. The normalized spacial score (nSPS) is 14.2. The SMILES string of the molecule is Cc1cccnc1Cc1ccc(OC(=O)N2CCN(Cc3ccc(C(=O)O)cn3)CC2)cc1. The van der Waals surface area contributed by atoms with E-state index in [4.69, 9.17) is 9.84 Å². The van der Waals surface area contributed by atoms with Crippen molar-refractivity contribution >= 4 is 12.1 Å². The van der Waals surface area contributed by atoms with Gasteiger partial charge in [0.05, 0.1) is 11.3 Å². The van der Waals surface area contributed by atoms with Crippen LogP contribution in [0.2, 0.25) is 0 Å². The molecule has 1 aliphatic rings. The van der Waals surface area contributed by atoms with E-state index in [2.05, 4.69) is 14.9 Å². The number of aromatic carboxylic acids is 1. The molecule has 3 aromatic rings. The van der Waals surface area contributed by atoms with Crippen LogP contribution in [0.15, 0.2) is 60.9 Å². The predicted molar refractivity (Wildman–Crippen MR) is 122 cm³/mol. The summed E-state index contributed by atoms with van der Waals surface area (Å²) in [6.45, 7) is 5.16. The van der Waals surface area contributed by atoms with E-state index in [1.54, 1.807) is 23.2 Å². The monoisotopic (exact) mass is 446 g/mol. The number of rotatable bonds is 6. The average molecular weight is 447 g/mol. The molecular weight excluding hydrogens is 420 g/mol. The number of carbonyl (C=O) groups excluding carboxylic acids is 1. The lowest BCUT2D eigenvalue weighted by atomic mass is 10.1. The summed E-state index contributed by atoms with van der Waals surface area (Å²) < 4.78 is 5.56. The number of carboxylic acid groups (broad SMARTS) is 1. The van der Waals surface area contributed by atoms with E-state index in [1.807, 2.05) is 43.3 Å². The van der Waals surface area contributed by atoms with E-state index in [1.165, 1.54) is 6.20 Å². The van der Waals surface area contributed by atoms with Crippen molar-refractivity contribution in [2.45, 2.75) is 19.9 Å². The van der Waals surface area contributed by atoms with Gasteiger partial charge in [0.25, 0.3) is 0 Å². The van der Waals surface area contributed by atoms with Crippen LogP contribution in [0.4, 0.5) is 4.79 Å².